The molecule has 1 unspecified atom stereocenters. The molecule has 1 aliphatic rings. The normalized spacial score (nSPS) is 17.4. The largest absolute Gasteiger partial charge is 0.335 e. The van der Waals surface area contributed by atoms with E-state index in [1.165, 1.54) is 5.56 Å². The number of carbonyl (C=O) groups is 1. The molecule has 0 heterocycles. The van der Waals surface area contributed by atoms with Crippen molar-refractivity contribution < 1.29 is 4.79 Å². The van der Waals surface area contributed by atoms with Gasteiger partial charge in [0.15, 0.2) is 0 Å². The third-order valence-corrected chi connectivity index (χ3v) is 4.96. The maximum Gasteiger partial charge on any atom is 0.317 e. The average molecular weight is 339 g/mol. The van der Waals surface area contributed by atoms with Crippen molar-refractivity contribution in [3.05, 3.63) is 34.3 Å². The summed E-state index contributed by atoms with van der Waals surface area (Å²) in [7, 11) is 0. The molecule has 1 aromatic rings. The van der Waals surface area contributed by atoms with Crippen LogP contribution in [0.3, 0.4) is 0 Å². The molecule has 0 saturated heterocycles. The van der Waals surface area contributed by atoms with Crippen molar-refractivity contribution in [3.63, 3.8) is 0 Å². The summed E-state index contributed by atoms with van der Waals surface area (Å²) in [6, 6.07) is 8.69. The van der Waals surface area contributed by atoms with Crippen molar-refractivity contribution in [2.45, 2.75) is 45.1 Å². The predicted molar refractivity (Wildman–Crippen MR) is 86.0 cm³/mol. The number of rotatable bonds is 5. The summed E-state index contributed by atoms with van der Waals surface area (Å²) < 4.78 is 1.09. The van der Waals surface area contributed by atoms with Gasteiger partial charge in [0.2, 0.25) is 0 Å². The summed E-state index contributed by atoms with van der Waals surface area (Å²) >= 11 is 3.47. The molecule has 0 bridgehead atoms. The number of amides is 2. The van der Waals surface area contributed by atoms with Gasteiger partial charge in [-0.2, -0.15) is 0 Å². The summed E-state index contributed by atoms with van der Waals surface area (Å²) in [5.74, 6) is 0. The minimum absolute atomic E-state index is 0.0471. The first-order valence-corrected chi connectivity index (χ1v) is 8.14. The van der Waals surface area contributed by atoms with Crippen molar-refractivity contribution in [1.82, 2.24) is 10.2 Å². The van der Waals surface area contributed by atoms with E-state index in [4.69, 9.17) is 0 Å². The molecule has 0 radical (unpaired) electrons. The van der Waals surface area contributed by atoms with Gasteiger partial charge >= 0.3 is 6.03 Å². The Bertz CT molecular complexity index is 464. The number of carbonyl (C=O) groups excluding carboxylic acids is 1. The minimum atomic E-state index is 0.0471. The molecule has 3 nitrogen and oxygen atoms in total. The zero-order valence-electron chi connectivity index (χ0n) is 12.4. The fourth-order valence-electron chi connectivity index (χ4n) is 2.81. The van der Waals surface area contributed by atoms with Crippen molar-refractivity contribution in [2.75, 3.05) is 13.1 Å². The number of benzene rings is 1. The first-order valence-electron chi connectivity index (χ1n) is 7.35. The summed E-state index contributed by atoms with van der Waals surface area (Å²) in [5, 5.41) is 3.17. The Kier molecular flexibility index (Phi) is 4.74. The second-order valence-electron chi connectivity index (χ2n) is 5.51. The number of hydrogen-bond acceptors (Lipinski definition) is 1. The van der Waals surface area contributed by atoms with Gasteiger partial charge in [0.05, 0.1) is 0 Å². The molecule has 0 spiro atoms. The van der Waals surface area contributed by atoms with Crippen molar-refractivity contribution in [2.24, 2.45) is 0 Å². The van der Waals surface area contributed by atoms with Gasteiger partial charge in [-0.25, -0.2) is 4.79 Å². The van der Waals surface area contributed by atoms with Crippen LogP contribution in [0.1, 0.15) is 39.2 Å². The predicted octanol–water partition coefficient (Wildman–Crippen LogP) is 3.92. The topological polar surface area (TPSA) is 32.3 Å². The SMILES string of the molecule is CCN(CC)C(=O)NC(C)C1(c2ccc(Br)cc2)CC1. The first-order chi connectivity index (χ1) is 9.53. The number of urea groups is 1. The van der Waals surface area contributed by atoms with E-state index in [0.29, 0.717) is 0 Å². The number of nitrogens with one attached hydrogen (secondary N) is 1. The Balaban J connectivity index is 2.07. The Morgan fingerprint density at radius 3 is 2.30 bits per heavy atom. The van der Waals surface area contributed by atoms with E-state index >= 15 is 0 Å². The van der Waals surface area contributed by atoms with Gasteiger partial charge < -0.3 is 10.2 Å². The van der Waals surface area contributed by atoms with Crippen molar-refractivity contribution in [3.8, 4) is 0 Å². The maximum atomic E-state index is 12.2. The fourth-order valence-corrected chi connectivity index (χ4v) is 3.08. The standard InChI is InChI=1S/C16H23BrN2O/c1-4-19(5-2)15(20)18-12(3)16(10-11-16)13-6-8-14(17)9-7-13/h6-9,12H,4-5,10-11H2,1-3H3,(H,18,20). The molecule has 2 rings (SSSR count). The molecule has 2 amide bonds. The minimum Gasteiger partial charge on any atom is -0.335 e. The fraction of sp³-hybridized carbons (Fsp3) is 0.562. The van der Waals surface area contributed by atoms with Crippen LogP contribution in [0.15, 0.2) is 28.7 Å². The highest BCUT2D eigenvalue weighted by molar-refractivity contribution is 9.10. The summed E-state index contributed by atoms with van der Waals surface area (Å²) in [5.41, 5.74) is 1.46. The van der Waals surface area contributed by atoms with Gasteiger partial charge in [-0.05, 0) is 51.3 Å². The Hall–Kier alpha value is -1.03. The number of hydrogen-bond donors (Lipinski definition) is 1. The lowest BCUT2D eigenvalue weighted by Gasteiger charge is -2.28. The van der Waals surface area contributed by atoms with Crippen LogP contribution in [-0.2, 0) is 5.41 Å². The van der Waals surface area contributed by atoms with Crippen molar-refractivity contribution >= 4 is 22.0 Å². The van der Waals surface area contributed by atoms with E-state index in [1.54, 1.807) is 0 Å². The highest BCUT2D eigenvalue weighted by Crippen LogP contribution is 2.51. The lowest BCUT2D eigenvalue weighted by Crippen LogP contribution is -2.48. The van der Waals surface area contributed by atoms with E-state index in [1.807, 2.05) is 18.7 Å². The van der Waals surface area contributed by atoms with E-state index in [2.05, 4.69) is 52.4 Å². The van der Waals surface area contributed by atoms with E-state index in [0.717, 1.165) is 30.4 Å². The Labute approximate surface area is 129 Å². The van der Waals surface area contributed by atoms with Crippen LogP contribution in [0.5, 0.6) is 0 Å². The highest BCUT2D eigenvalue weighted by atomic mass is 79.9. The quantitative estimate of drug-likeness (QED) is 0.866. The van der Waals surface area contributed by atoms with Gasteiger partial charge in [-0.15, -0.1) is 0 Å². The summed E-state index contributed by atoms with van der Waals surface area (Å²) in [4.78, 5) is 14.0. The second-order valence-corrected chi connectivity index (χ2v) is 6.42. The highest BCUT2D eigenvalue weighted by Gasteiger charge is 2.49. The van der Waals surface area contributed by atoms with Crippen LogP contribution < -0.4 is 5.32 Å². The average Bonchev–Trinajstić information content (AvgIpc) is 3.22. The maximum absolute atomic E-state index is 12.2. The van der Waals surface area contributed by atoms with Crippen LogP contribution >= 0.6 is 15.9 Å². The van der Waals surface area contributed by atoms with Crippen molar-refractivity contribution in [1.29, 1.82) is 0 Å². The zero-order valence-corrected chi connectivity index (χ0v) is 14.0. The van der Waals surface area contributed by atoms with Crippen LogP contribution in [0.4, 0.5) is 4.79 Å². The Morgan fingerprint density at radius 1 is 1.30 bits per heavy atom. The molecule has 20 heavy (non-hydrogen) atoms. The summed E-state index contributed by atoms with van der Waals surface area (Å²) in [6.45, 7) is 7.64. The lowest BCUT2D eigenvalue weighted by atomic mass is 9.89. The second kappa shape index (κ2) is 6.17. The van der Waals surface area contributed by atoms with Gasteiger partial charge in [0.25, 0.3) is 0 Å². The monoisotopic (exact) mass is 338 g/mol. The molecule has 1 saturated carbocycles. The summed E-state index contributed by atoms with van der Waals surface area (Å²) in [6.07, 6.45) is 2.29. The lowest BCUT2D eigenvalue weighted by molar-refractivity contribution is 0.197. The Morgan fingerprint density at radius 2 is 1.85 bits per heavy atom. The molecule has 0 aromatic heterocycles. The molecule has 1 aliphatic carbocycles. The molecule has 1 aromatic carbocycles. The van der Waals surface area contributed by atoms with E-state index in [-0.39, 0.29) is 17.5 Å². The molecule has 1 N–H and O–H groups in total. The van der Waals surface area contributed by atoms with Gasteiger partial charge in [-0.1, -0.05) is 28.1 Å². The van der Waals surface area contributed by atoms with Crippen LogP contribution in [0.25, 0.3) is 0 Å². The van der Waals surface area contributed by atoms with E-state index < -0.39 is 0 Å². The molecule has 1 atom stereocenters. The van der Waals surface area contributed by atoms with Crippen LogP contribution in [0, 0.1) is 0 Å². The first kappa shape index (κ1) is 15.4. The molecular formula is C16H23BrN2O. The molecule has 4 heteroatoms. The number of halogens is 1. The molecular weight excluding hydrogens is 316 g/mol. The third kappa shape index (κ3) is 3.00. The third-order valence-electron chi connectivity index (χ3n) is 4.43. The van der Waals surface area contributed by atoms with Gasteiger partial charge in [0.1, 0.15) is 0 Å². The number of nitrogens with zero attached hydrogens (tertiary/aromatic N) is 1. The van der Waals surface area contributed by atoms with Gasteiger partial charge in [-0.3, -0.25) is 0 Å². The molecule has 110 valence electrons. The van der Waals surface area contributed by atoms with E-state index in [9.17, 15) is 4.79 Å². The molecule has 1 fully saturated rings. The molecule has 0 aliphatic heterocycles. The zero-order chi connectivity index (χ0) is 14.8. The van der Waals surface area contributed by atoms with Crippen LogP contribution in [-0.4, -0.2) is 30.1 Å². The van der Waals surface area contributed by atoms with Crippen LogP contribution in [0.2, 0.25) is 0 Å². The smallest absolute Gasteiger partial charge is 0.317 e. The van der Waals surface area contributed by atoms with Gasteiger partial charge in [0, 0.05) is 29.0 Å².